The molecule has 0 atom stereocenters. The van der Waals surface area contributed by atoms with E-state index in [1.165, 1.54) is 0 Å². The van der Waals surface area contributed by atoms with Crippen molar-refractivity contribution in [3.63, 3.8) is 0 Å². The number of benzene rings is 1. The second-order valence-corrected chi connectivity index (χ2v) is 7.63. The van der Waals surface area contributed by atoms with E-state index in [4.69, 9.17) is 0 Å². The maximum Gasteiger partial charge on any atom is 0.319 e. The largest absolute Gasteiger partial charge is 0.333 e. The number of nitrogens with zero attached hydrogens (tertiary/aromatic N) is 3. The SMILES string of the molecule is Cc1nc(-c2cccc(NC(=O)NCc3cncn3CC(C)C)c2)cs1. The Hall–Kier alpha value is -2.67. The molecule has 0 radical (unpaired) electrons. The number of carbonyl (C=O) groups excluding carboxylic acids is 1. The van der Waals surface area contributed by atoms with E-state index in [2.05, 4.69) is 39.0 Å². The van der Waals surface area contributed by atoms with E-state index in [-0.39, 0.29) is 6.03 Å². The van der Waals surface area contributed by atoms with Gasteiger partial charge in [-0.05, 0) is 25.0 Å². The van der Waals surface area contributed by atoms with Gasteiger partial charge < -0.3 is 15.2 Å². The van der Waals surface area contributed by atoms with Gasteiger partial charge in [-0.25, -0.2) is 14.8 Å². The van der Waals surface area contributed by atoms with Crippen LogP contribution in [0.15, 0.2) is 42.2 Å². The van der Waals surface area contributed by atoms with Gasteiger partial charge in [0.2, 0.25) is 0 Å². The standard InChI is InChI=1S/C19H23N5OS/c1-13(2)10-24-12-20-8-17(24)9-21-19(25)23-16-6-4-5-15(7-16)18-11-26-14(3)22-18/h4-8,11-13H,9-10H2,1-3H3,(H2,21,23,25). The summed E-state index contributed by atoms with van der Waals surface area (Å²) in [6, 6.07) is 7.45. The Kier molecular flexibility index (Phi) is 5.68. The second-order valence-electron chi connectivity index (χ2n) is 6.57. The van der Waals surface area contributed by atoms with Crippen LogP contribution in [0.25, 0.3) is 11.3 Å². The van der Waals surface area contributed by atoms with E-state index in [0.29, 0.717) is 12.5 Å². The summed E-state index contributed by atoms with van der Waals surface area (Å²) < 4.78 is 2.07. The van der Waals surface area contributed by atoms with Crippen LogP contribution in [-0.2, 0) is 13.1 Å². The molecule has 2 aromatic heterocycles. The highest BCUT2D eigenvalue weighted by atomic mass is 32.1. The van der Waals surface area contributed by atoms with Crippen LogP contribution in [0.5, 0.6) is 0 Å². The molecule has 2 amide bonds. The van der Waals surface area contributed by atoms with Crippen LogP contribution in [0.1, 0.15) is 24.5 Å². The number of urea groups is 1. The number of hydrogen-bond donors (Lipinski definition) is 2. The van der Waals surface area contributed by atoms with Gasteiger partial charge in [-0.3, -0.25) is 0 Å². The van der Waals surface area contributed by atoms with Crippen molar-refractivity contribution in [2.24, 2.45) is 5.92 Å². The first-order valence-corrected chi connectivity index (χ1v) is 9.45. The third-order valence-corrected chi connectivity index (χ3v) is 4.60. The van der Waals surface area contributed by atoms with Crippen molar-refractivity contribution in [2.45, 2.75) is 33.9 Å². The van der Waals surface area contributed by atoms with Crippen LogP contribution in [0.3, 0.4) is 0 Å². The first kappa shape index (κ1) is 18.1. The van der Waals surface area contributed by atoms with Gasteiger partial charge in [-0.15, -0.1) is 11.3 Å². The van der Waals surface area contributed by atoms with Crippen molar-refractivity contribution in [1.29, 1.82) is 0 Å². The summed E-state index contributed by atoms with van der Waals surface area (Å²) in [5.74, 6) is 0.522. The first-order chi connectivity index (χ1) is 12.5. The fourth-order valence-corrected chi connectivity index (χ4v) is 3.27. The Morgan fingerprint density at radius 1 is 1.35 bits per heavy atom. The van der Waals surface area contributed by atoms with E-state index < -0.39 is 0 Å². The lowest BCUT2D eigenvalue weighted by molar-refractivity contribution is 0.251. The maximum atomic E-state index is 12.2. The van der Waals surface area contributed by atoms with Gasteiger partial charge in [0.05, 0.1) is 29.3 Å². The summed E-state index contributed by atoms with van der Waals surface area (Å²) in [4.78, 5) is 20.9. The van der Waals surface area contributed by atoms with Gasteiger partial charge in [0, 0.05) is 29.4 Å². The van der Waals surface area contributed by atoms with Crippen LogP contribution >= 0.6 is 11.3 Å². The number of hydrogen-bond acceptors (Lipinski definition) is 4. The molecule has 2 N–H and O–H groups in total. The third kappa shape index (κ3) is 4.70. The molecule has 0 unspecified atom stereocenters. The van der Waals surface area contributed by atoms with Crippen molar-refractivity contribution < 1.29 is 4.79 Å². The lowest BCUT2D eigenvalue weighted by Gasteiger charge is -2.12. The number of imidazole rings is 1. The minimum atomic E-state index is -0.242. The minimum Gasteiger partial charge on any atom is -0.333 e. The Morgan fingerprint density at radius 3 is 2.92 bits per heavy atom. The monoisotopic (exact) mass is 369 g/mol. The number of aryl methyl sites for hydroxylation is 1. The third-order valence-electron chi connectivity index (χ3n) is 3.83. The van der Waals surface area contributed by atoms with Crippen LogP contribution in [-0.4, -0.2) is 20.6 Å². The van der Waals surface area contributed by atoms with Crippen molar-refractivity contribution in [3.05, 3.63) is 52.9 Å². The molecule has 0 aliphatic rings. The highest BCUT2D eigenvalue weighted by Crippen LogP contribution is 2.24. The summed E-state index contributed by atoms with van der Waals surface area (Å²) in [6.07, 6.45) is 3.59. The first-order valence-electron chi connectivity index (χ1n) is 8.57. The summed E-state index contributed by atoms with van der Waals surface area (Å²) in [5.41, 5.74) is 3.64. The van der Waals surface area contributed by atoms with E-state index >= 15 is 0 Å². The molecule has 0 saturated heterocycles. The number of nitrogens with one attached hydrogen (secondary N) is 2. The molecule has 3 aromatic rings. The van der Waals surface area contributed by atoms with Crippen LogP contribution in [0, 0.1) is 12.8 Å². The molecular weight excluding hydrogens is 346 g/mol. The number of amides is 2. The molecule has 0 bridgehead atoms. The molecule has 2 heterocycles. The number of aromatic nitrogens is 3. The van der Waals surface area contributed by atoms with Crippen LogP contribution in [0.4, 0.5) is 10.5 Å². The van der Waals surface area contributed by atoms with Gasteiger partial charge in [-0.1, -0.05) is 26.0 Å². The van der Waals surface area contributed by atoms with Gasteiger partial charge in [0.1, 0.15) is 0 Å². The molecule has 0 fully saturated rings. The van der Waals surface area contributed by atoms with Gasteiger partial charge >= 0.3 is 6.03 Å². The van der Waals surface area contributed by atoms with E-state index in [0.717, 1.165) is 34.2 Å². The van der Waals surface area contributed by atoms with E-state index in [1.54, 1.807) is 23.9 Å². The molecule has 0 aliphatic carbocycles. The topological polar surface area (TPSA) is 71.8 Å². The molecule has 7 heteroatoms. The lowest BCUT2D eigenvalue weighted by Crippen LogP contribution is -2.29. The molecule has 3 rings (SSSR count). The van der Waals surface area contributed by atoms with E-state index in [1.807, 2.05) is 36.6 Å². The molecule has 0 spiro atoms. The fourth-order valence-electron chi connectivity index (χ4n) is 2.65. The zero-order chi connectivity index (χ0) is 18.5. The zero-order valence-electron chi connectivity index (χ0n) is 15.2. The molecule has 6 nitrogen and oxygen atoms in total. The van der Waals surface area contributed by atoms with Crippen molar-refractivity contribution in [1.82, 2.24) is 19.9 Å². The Bertz CT molecular complexity index is 883. The summed E-state index contributed by atoms with van der Waals surface area (Å²) in [7, 11) is 0. The molecular formula is C19H23N5OS. The van der Waals surface area contributed by atoms with Crippen molar-refractivity contribution in [3.8, 4) is 11.3 Å². The number of rotatable bonds is 6. The molecule has 136 valence electrons. The Balaban J connectivity index is 1.59. The smallest absolute Gasteiger partial charge is 0.319 e. The zero-order valence-corrected chi connectivity index (χ0v) is 16.0. The number of anilines is 1. The summed E-state index contributed by atoms with van der Waals surface area (Å²) in [5, 5.41) is 8.80. The van der Waals surface area contributed by atoms with Gasteiger partial charge in [0.15, 0.2) is 0 Å². The Labute approximate surface area is 157 Å². The maximum absolute atomic E-state index is 12.2. The van der Waals surface area contributed by atoms with Crippen LogP contribution in [0.2, 0.25) is 0 Å². The molecule has 26 heavy (non-hydrogen) atoms. The fraction of sp³-hybridized carbons (Fsp3) is 0.316. The van der Waals surface area contributed by atoms with Crippen molar-refractivity contribution in [2.75, 3.05) is 5.32 Å². The molecule has 0 aliphatic heterocycles. The van der Waals surface area contributed by atoms with Gasteiger partial charge in [0.25, 0.3) is 0 Å². The highest BCUT2D eigenvalue weighted by molar-refractivity contribution is 7.09. The Morgan fingerprint density at radius 2 is 2.19 bits per heavy atom. The second kappa shape index (κ2) is 8.14. The van der Waals surface area contributed by atoms with Gasteiger partial charge in [-0.2, -0.15) is 0 Å². The van der Waals surface area contributed by atoms with Crippen LogP contribution < -0.4 is 10.6 Å². The average Bonchev–Trinajstić information content (AvgIpc) is 3.22. The van der Waals surface area contributed by atoms with E-state index in [9.17, 15) is 4.79 Å². The summed E-state index contributed by atoms with van der Waals surface area (Å²) in [6.45, 7) is 7.60. The highest BCUT2D eigenvalue weighted by Gasteiger charge is 2.08. The predicted octanol–water partition coefficient (Wildman–Crippen LogP) is 4.29. The minimum absolute atomic E-state index is 0.242. The quantitative estimate of drug-likeness (QED) is 0.681. The predicted molar refractivity (Wildman–Crippen MR) is 105 cm³/mol. The lowest BCUT2D eigenvalue weighted by atomic mass is 10.1. The summed E-state index contributed by atoms with van der Waals surface area (Å²) >= 11 is 1.61. The van der Waals surface area contributed by atoms with Crippen molar-refractivity contribution >= 4 is 23.1 Å². The number of thiazole rings is 1. The normalized spacial score (nSPS) is 10.9. The average molecular weight is 369 g/mol. The number of carbonyl (C=O) groups is 1. The molecule has 1 aromatic carbocycles. The molecule has 0 saturated carbocycles.